The Morgan fingerprint density at radius 1 is 1.29 bits per heavy atom. The van der Waals surface area contributed by atoms with Crippen LogP contribution >= 0.6 is 0 Å². The number of ether oxygens (including phenoxy) is 1. The van der Waals surface area contributed by atoms with E-state index in [1.165, 1.54) is 6.20 Å². The van der Waals surface area contributed by atoms with Gasteiger partial charge in [-0.15, -0.1) is 0 Å². The smallest absolute Gasteiger partial charge is 0.456 e. The van der Waals surface area contributed by atoms with Gasteiger partial charge in [-0.25, -0.2) is 5.10 Å². The Bertz CT molecular complexity index is 281. The largest absolute Gasteiger partial charge is 0.471 e. The monoisotopic (exact) mass is 216 g/mol. The van der Waals surface area contributed by atoms with Gasteiger partial charge in [-0.05, 0) is 0 Å². The van der Waals surface area contributed by atoms with Crippen LogP contribution in [0.5, 0.6) is 5.88 Å². The highest BCUT2D eigenvalue weighted by Crippen LogP contribution is 2.35. The highest BCUT2D eigenvalue weighted by atomic mass is 19.4. The number of H-pyrrole nitrogens is 1. The highest BCUT2D eigenvalue weighted by molar-refractivity contribution is 5.04. The van der Waals surface area contributed by atoms with Gasteiger partial charge >= 0.3 is 12.1 Å². The van der Waals surface area contributed by atoms with Crippen molar-refractivity contribution in [3.8, 4) is 5.88 Å². The fourth-order valence-corrected chi connectivity index (χ4v) is 0.574. The van der Waals surface area contributed by atoms with Gasteiger partial charge in [-0.2, -0.15) is 27.1 Å². The number of rotatable bonds is 3. The second kappa shape index (κ2) is 3.43. The van der Waals surface area contributed by atoms with Gasteiger partial charge in [0, 0.05) is 6.07 Å². The molecule has 0 saturated carbocycles. The number of hydrogen-bond donors (Lipinski definition) is 1. The molecule has 0 aromatic carbocycles. The van der Waals surface area contributed by atoms with E-state index in [-0.39, 0.29) is 5.88 Å². The molecule has 0 fully saturated rings. The molecule has 0 bridgehead atoms. The molecule has 0 amide bonds. The third-order valence-electron chi connectivity index (χ3n) is 1.30. The number of alkyl halides is 5. The van der Waals surface area contributed by atoms with Crippen LogP contribution in [0.3, 0.4) is 0 Å². The molecular formula is C6H5F5N2O. The van der Waals surface area contributed by atoms with Crippen molar-refractivity contribution in [1.82, 2.24) is 10.2 Å². The lowest BCUT2D eigenvalue weighted by Gasteiger charge is -2.18. The molecule has 0 aliphatic heterocycles. The molecule has 1 N–H and O–H groups in total. The average Bonchev–Trinajstić information content (AvgIpc) is 2.50. The molecule has 0 atom stereocenters. The number of nitrogens with one attached hydrogen (secondary N) is 1. The molecule has 1 rings (SSSR count). The normalized spacial score (nSPS) is 12.9. The van der Waals surface area contributed by atoms with E-state index in [1.807, 2.05) is 0 Å². The van der Waals surface area contributed by atoms with E-state index in [2.05, 4.69) is 14.9 Å². The minimum atomic E-state index is -5.60. The quantitative estimate of drug-likeness (QED) is 0.784. The zero-order chi connectivity index (χ0) is 10.8. The van der Waals surface area contributed by atoms with Crippen LogP contribution in [0.15, 0.2) is 12.3 Å². The van der Waals surface area contributed by atoms with E-state index in [0.29, 0.717) is 0 Å². The van der Waals surface area contributed by atoms with E-state index < -0.39 is 18.7 Å². The first-order chi connectivity index (χ1) is 6.33. The highest BCUT2D eigenvalue weighted by Gasteiger charge is 2.58. The van der Waals surface area contributed by atoms with E-state index in [4.69, 9.17) is 0 Å². The Labute approximate surface area is 74.9 Å². The first-order valence-electron chi connectivity index (χ1n) is 3.40. The zero-order valence-electron chi connectivity index (χ0n) is 6.61. The SMILES string of the molecule is FC(F)(F)C(F)(F)COc1ccn[nH]1. The molecule has 0 aliphatic rings. The lowest BCUT2D eigenvalue weighted by Crippen LogP contribution is -2.41. The number of aromatic amines is 1. The summed E-state index contributed by atoms with van der Waals surface area (Å²) in [6, 6.07) is 1.13. The molecule has 80 valence electrons. The molecule has 1 aromatic rings. The molecule has 1 heterocycles. The average molecular weight is 216 g/mol. The van der Waals surface area contributed by atoms with Crippen molar-refractivity contribution in [3.05, 3.63) is 12.3 Å². The maximum atomic E-state index is 12.2. The van der Waals surface area contributed by atoms with Crippen molar-refractivity contribution < 1.29 is 26.7 Å². The van der Waals surface area contributed by atoms with Crippen molar-refractivity contribution in [3.63, 3.8) is 0 Å². The lowest BCUT2D eigenvalue weighted by atomic mass is 10.3. The molecule has 0 aliphatic carbocycles. The molecule has 0 radical (unpaired) electrons. The predicted octanol–water partition coefficient (Wildman–Crippen LogP) is 1.99. The lowest BCUT2D eigenvalue weighted by molar-refractivity contribution is -0.290. The molecule has 8 heteroatoms. The molecule has 0 saturated heterocycles. The fraction of sp³-hybridized carbons (Fsp3) is 0.500. The van der Waals surface area contributed by atoms with Crippen LogP contribution in [0.1, 0.15) is 0 Å². The molecule has 1 aromatic heterocycles. The van der Waals surface area contributed by atoms with Crippen LogP contribution in [0.25, 0.3) is 0 Å². The third-order valence-corrected chi connectivity index (χ3v) is 1.30. The van der Waals surface area contributed by atoms with Crippen molar-refractivity contribution in [2.24, 2.45) is 0 Å². The minimum absolute atomic E-state index is 0.242. The summed E-state index contributed by atoms with van der Waals surface area (Å²) in [7, 11) is 0. The fourth-order valence-electron chi connectivity index (χ4n) is 0.574. The summed E-state index contributed by atoms with van der Waals surface area (Å²) < 4.78 is 63.4. The molecule has 14 heavy (non-hydrogen) atoms. The van der Waals surface area contributed by atoms with E-state index >= 15 is 0 Å². The number of aromatic nitrogens is 2. The van der Waals surface area contributed by atoms with Crippen LogP contribution in [-0.2, 0) is 0 Å². The van der Waals surface area contributed by atoms with Crippen LogP contribution < -0.4 is 4.74 Å². The van der Waals surface area contributed by atoms with Gasteiger partial charge in [0.1, 0.15) is 0 Å². The summed E-state index contributed by atoms with van der Waals surface area (Å²) in [6.07, 6.45) is -4.44. The molecule has 0 spiro atoms. The van der Waals surface area contributed by atoms with E-state index in [9.17, 15) is 22.0 Å². The van der Waals surface area contributed by atoms with Crippen LogP contribution in [0, 0.1) is 0 Å². The first kappa shape index (κ1) is 10.7. The molecule has 3 nitrogen and oxygen atoms in total. The number of nitrogens with zero attached hydrogens (tertiary/aromatic N) is 1. The standard InChI is InChI=1S/C6H5F5N2O/c7-5(8,6(9,10)11)3-14-4-1-2-12-13-4/h1-2H,3H2,(H,12,13). The predicted molar refractivity (Wildman–Crippen MR) is 35.1 cm³/mol. The summed E-state index contributed by atoms with van der Waals surface area (Å²) >= 11 is 0. The summed E-state index contributed by atoms with van der Waals surface area (Å²) in [5, 5.41) is 5.40. The van der Waals surface area contributed by atoms with Crippen LogP contribution in [0.2, 0.25) is 0 Å². The van der Waals surface area contributed by atoms with Gasteiger partial charge in [0.05, 0.1) is 6.20 Å². The Morgan fingerprint density at radius 2 is 1.93 bits per heavy atom. The maximum Gasteiger partial charge on any atom is 0.456 e. The first-order valence-corrected chi connectivity index (χ1v) is 3.40. The topological polar surface area (TPSA) is 37.9 Å². The van der Waals surface area contributed by atoms with Gasteiger partial charge in [-0.3, -0.25) is 0 Å². The van der Waals surface area contributed by atoms with Gasteiger partial charge < -0.3 is 4.74 Å². The Kier molecular flexibility index (Phi) is 2.63. The summed E-state index contributed by atoms with van der Waals surface area (Å²) in [5.41, 5.74) is 0. The summed E-state index contributed by atoms with van der Waals surface area (Å²) in [5.74, 6) is -5.10. The zero-order valence-corrected chi connectivity index (χ0v) is 6.61. The van der Waals surface area contributed by atoms with Gasteiger partial charge in [-0.1, -0.05) is 0 Å². The van der Waals surface area contributed by atoms with Crippen molar-refractivity contribution in [1.29, 1.82) is 0 Å². The second-order valence-corrected chi connectivity index (χ2v) is 2.41. The van der Waals surface area contributed by atoms with Crippen molar-refractivity contribution in [2.45, 2.75) is 12.1 Å². The van der Waals surface area contributed by atoms with Crippen LogP contribution in [-0.4, -0.2) is 28.9 Å². The second-order valence-electron chi connectivity index (χ2n) is 2.41. The van der Waals surface area contributed by atoms with E-state index in [1.54, 1.807) is 0 Å². The number of hydrogen-bond acceptors (Lipinski definition) is 2. The number of halogens is 5. The van der Waals surface area contributed by atoms with Gasteiger partial charge in [0.2, 0.25) is 5.88 Å². The Hall–Kier alpha value is -1.34. The summed E-state index contributed by atoms with van der Waals surface area (Å²) in [6.45, 7) is -1.77. The van der Waals surface area contributed by atoms with Gasteiger partial charge in [0.15, 0.2) is 6.61 Å². The minimum Gasteiger partial charge on any atom is -0.471 e. The molecule has 0 unspecified atom stereocenters. The molecular weight excluding hydrogens is 211 g/mol. The Morgan fingerprint density at radius 3 is 2.36 bits per heavy atom. The van der Waals surface area contributed by atoms with Crippen molar-refractivity contribution >= 4 is 0 Å². The maximum absolute atomic E-state index is 12.2. The van der Waals surface area contributed by atoms with Crippen LogP contribution in [0.4, 0.5) is 22.0 Å². The van der Waals surface area contributed by atoms with Crippen molar-refractivity contribution in [2.75, 3.05) is 6.61 Å². The van der Waals surface area contributed by atoms with E-state index in [0.717, 1.165) is 6.07 Å². The third kappa shape index (κ3) is 2.33. The Balaban J connectivity index is 2.53. The summed E-state index contributed by atoms with van der Waals surface area (Å²) in [4.78, 5) is 0. The van der Waals surface area contributed by atoms with Gasteiger partial charge in [0.25, 0.3) is 0 Å².